The number of carbonyl (C=O) groups excluding carboxylic acids is 1. The van der Waals surface area contributed by atoms with Crippen molar-refractivity contribution in [3.63, 3.8) is 0 Å². The van der Waals surface area contributed by atoms with Gasteiger partial charge in [0.05, 0.1) is 11.4 Å². The Kier molecular flexibility index (Phi) is 5.08. The zero-order chi connectivity index (χ0) is 20.6. The third-order valence-electron chi connectivity index (χ3n) is 4.68. The van der Waals surface area contributed by atoms with Crippen LogP contribution in [0.1, 0.15) is 27.8 Å². The number of hydrogen-bond acceptors (Lipinski definition) is 5. The molecule has 0 radical (unpaired) electrons. The first-order valence-electron chi connectivity index (χ1n) is 8.90. The van der Waals surface area contributed by atoms with E-state index >= 15 is 0 Å². The van der Waals surface area contributed by atoms with Gasteiger partial charge in [0.1, 0.15) is 4.90 Å². The lowest BCUT2D eigenvalue weighted by molar-refractivity contribution is 0.0954. The Morgan fingerprint density at radius 3 is 2.79 bits per heavy atom. The Bertz CT molecular complexity index is 1190. The number of aromatic nitrogens is 1. The summed E-state index contributed by atoms with van der Waals surface area (Å²) in [4.78, 5) is 12.5. The largest absolute Gasteiger partial charge is 0.368 e. The Morgan fingerprint density at radius 2 is 2.00 bits per heavy atom. The fourth-order valence-electron chi connectivity index (χ4n) is 3.26. The van der Waals surface area contributed by atoms with Crippen LogP contribution in [0.2, 0.25) is 5.02 Å². The second-order valence-electron chi connectivity index (χ2n) is 6.63. The maximum Gasteiger partial charge on any atom is 0.270 e. The fraction of sp³-hybridized carbons (Fsp3) is 0.150. The van der Waals surface area contributed by atoms with Gasteiger partial charge in [-0.25, -0.2) is 12.4 Å². The first kappa shape index (κ1) is 19.5. The van der Waals surface area contributed by atoms with E-state index in [4.69, 9.17) is 11.6 Å². The number of aliphatic hydroxyl groups excluding tert-OH is 1. The molecule has 3 aromatic rings. The number of benzene rings is 2. The summed E-state index contributed by atoms with van der Waals surface area (Å²) in [6.07, 6.45) is 0.765. The van der Waals surface area contributed by atoms with Crippen molar-refractivity contribution in [2.75, 3.05) is 11.9 Å². The van der Waals surface area contributed by atoms with Gasteiger partial charge >= 0.3 is 0 Å². The van der Waals surface area contributed by atoms with Gasteiger partial charge in [-0.2, -0.15) is 0 Å². The number of nitrogens with zero attached hydrogens (tertiary/aromatic N) is 1. The van der Waals surface area contributed by atoms with Crippen LogP contribution < -0.4 is 10.6 Å². The lowest BCUT2D eigenvalue weighted by atomic mass is 10.1. The maximum atomic E-state index is 12.9. The molecule has 0 bridgehead atoms. The molecule has 1 atom stereocenters. The SMILES string of the molecule is O=C(NCCc1cccc(Cl)c1)c1ccc2c(c1)NC(O)c1cccn1S2(=O)=O. The highest BCUT2D eigenvalue weighted by molar-refractivity contribution is 7.90. The zero-order valence-electron chi connectivity index (χ0n) is 15.2. The normalized spacial score (nSPS) is 16.8. The molecule has 29 heavy (non-hydrogen) atoms. The summed E-state index contributed by atoms with van der Waals surface area (Å²) in [5, 5.41) is 16.5. The van der Waals surface area contributed by atoms with Crippen LogP contribution in [-0.2, 0) is 16.4 Å². The number of amides is 1. The monoisotopic (exact) mass is 431 g/mol. The summed E-state index contributed by atoms with van der Waals surface area (Å²) >= 11 is 5.96. The molecule has 7 nitrogen and oxygen atoms in total. The molecule has 1 amide bonds. The molecule has 0 saturated heterocycles. The average Bonchev–Trinajstić information content (AvgIpc) is 3.16. The van der Waals surface area contributed by atoms with Crippen molar-refractivity contribution < 1.29 is 18.3 Å². The molecule has 0 fully saturated rings. The summed E-state index contributed by atoms with van der Waals surface area (Å²) in [5.74, 6) is -0.340. The Hall–Kier alpha value is -2.81. The van der Waals surface area contributed by atoms with E-state index in [-0.39, 0.29) is 27.7 Å². The minimum absolute atomic E-state index is 0.0121. The highest BCUT2D eigenvalue weighted by atomic mass is 35.5. The molecule has 0 saturated carbocycles. The van der Waals surface area contributed by atoms with Crippen molar-refractivity contribution in [3.05, 3.63) is 82.6 Å². The van der Waals surface area contributed by atoms with Crippen molar-refractivity contribution in [3.8, 4) is 0 Å². The highest BCUT2D eigenvalue weighted by Crippen LogP contribution is 2.33. The molecule has 2 heterocycles. The highest BCUT2D eigenvalue weighted by Gasteiger charge is 2.30. The number of fused-ring (bicyclic) bond motifs is 2. The predicted molar refractivity (Wildman–Crippen MR) is 110 cm³/mol. The predicted octanol–water partition coefficient (Wildman–Crippen LogP) is 2.77. The molecule has 4 rings (SSSR count). The minimum Gasteiger partial charge on any atom is -0.368 e. The van der Waals surface area contributed by atoms with Gasteiger partial charge in [0.2, 0.25) is 0 Å². The summed E-state index contributed by atoms with van der Waals surface area (Å²) in [6, 6.07) is 14.7. The van der Waals surface area contributed by atoms with Gasteiger partial charge in [0.25, 0.3) is 15.9 Å². The van der Waals surface area contributed by atoms with Gasteiger partial charge in [-0.05, 0) is 54.4 Å². The number of halogens is 1. The van der Waals surface area contributed by atoms with E-state index in [1.165, 1.54) is 30.5 Å². The Labute approximate surface area is 173 Å². The first-order chi connectivity index (χ1) is 13.9. The molecule has 9 heteroatoms. The van der Waals surface area contributed by atoms with Crippen LogP contribution in [0.4, 0.5) is 5.69 Å². The van der Waals surface area contributed by atoms with Crippen molar-refractivity contribution in [2.24, 2.45) is 0 Å². The van der Waals surface area contributed by atoms with E-state index in [0.717, 1.165) is 9.54 Å². The second kappa shape index (κ2) is 7.55. The number of nitrogens with one attached hydrogen (secondary N) is 2. The van der Waals surface area contributed by atoms with Crippen LogP contribution >= 0.6 is 11.6 Å². The van der Waals surface area contributed by atoms with Crippen LogP contribution in [0.3, 0.4) is 0 Å². The van der Waals surface area contributed by atoms with Crippen LogP contribution in [0.25, 0.3) is 0 Å². The number of carbonyl (C=O) groups is 1. The minimum atomic E-state index is -3.88. The van der Waals surface area contributed by atoms with Gasteiger partial charge in [-0.3, -0.25) is 4.79 Å². The lowest BCUT2D eigenvalue weighted by Crippen LogP contribution is -2.26. The second-order valence-corrected chi connectivity index (χ2v) is 8.85. The summed E-state index contributed by atoms with van der Waals surface area (Å²) in [7, 11) is -3.88. The first-order valence-corrected chi connectivity index (χ1v) is 10.7. The number of anilines is 1. The molecule has 1 unspecified atom stereocenters. The lowest BCUT2D eigenvalue weighted by Gasteiger charge is -2.13. The van der Waals surface area contributed by atoms with Crippen LogP contribution in [-0.4, -0.2) is 29.9 Å². The standard InChI is InChI=1S/C20H18ClN3O4S/c21-15-4-1-3-13(11-15)8-9-22-19(25)14-6-7-18-16(12-14)23-20(26)17-5-2-10-24(17)29(18,27)28/h1-7,10-12,20,23,26H,8-9H2,(H,22,25). The van der Waals surface area contributed by atoms with Crippen LogP contribution in [0, 0.1) is 0 Å². The van der Waals surface area contributed by atoms with E-state index in [9.17, 15) is 18.3 Å². The third kappa shape index (κ3) is 3.74. The number of hydrogen-bond donors (Lipinski definition) is 3. The van der Waals surface area contributed by atoms with Crippen molar-refractivity contribution >= 4 is 33.2 Å². The summed E-state index contributed by atoms with van der Waals surface area (Å²) < 4.78 is 26.7. The molecule has 1 aromatic heterocycles. The average molecular weight is 432 g/mol. The van der Waals surface area contributed by atoms with E-state index in [1.807, 2.05) is 18.2 Å². The van der Waals surface area contributed by atoms with E-state index in [2.05, 4.69) is 10.6 Å². The quantitative estimate of drug-likeness (QED) is 0.589. The topological polar surface area (TPSA) is 100 Å². The van der Waals surface area contributed by atoms with Gasteiger partial charge in [-0.1, -0.05) is 23.7 Å². The van der Waals surface area contributed by atoms with Crippen molar-refractivity contribution in [1.29, 1.82) is 0 Å². The van der Waals surface area contributed by atoms with Crippen LogP contribution in [0.5, 0.6) is 0 Å². The molecular weight excluding hydrogens is 414 g/mol. The van der Waals surface area contributed by atoms with E-state index < -0.39 is 16.3 Å². The van der Waals surface area contributed by atoms with E-state index in [1.54, 1.807) is 12.1 Å². The van der Waals surface area contributed by atoms with Gasteiger partial charge in [0.15, 0.2) is 6.23 Å². The molecule has 1 aliphatic rings. The molecule has 1 aliphatic heterocycles. The summed E-state index contributed by atoms with van der Waals surface area (Å²) in [6.45, 7) is 0.399. The maximum absolute atomic E-state index is 12.9. The van der Waals surface area contributed by atoms with E-state index in [0.29, 0.717) is 18.0 Å². The number of rotatable bonds is 4. The van der Waals surface area contributed by atoms with Gasteiger partial charge in [-0.15, -0.1) is 0 Å². The molecule has 0 spiro atoms. The molecule has 150 valence electrons. The Morgan fingerprint density at radius 1 is 1.17 bits per heavy atom. The zero-order valence-corrected chi connectivity index (χ0v) is 16.7. The smallest absolute Gasteiger partial charge is 0.270 e. The molecule has 2 aromatic carbocycles. The molecule has 0 aliphatic carbocycles. The number of aliphatic hydroxyl groups is 1. The molecular formula is C20H18ClN3O4S. The molecule has 3 N–H and O–H groups in total. The van der Waals surface area contributed by atoms with Gasteiger partial charge in [0, 0.05) is 23.3 Å². The Balaban J connectivity index is 1.53. The summed E-state index contributed by atoms with van der Waals surface area (Å²) in [5.41, 5.74) is 1.66. The van der Waals surface area contributed by atoms with Crippen molar-refractivity contribution in [2.45, 2.75) is 17.5 Å². The van der Waals surface area contributed by atoms with Crippen LogP contribution in [0.15, 0.2) is 65.7 Å². The van der Waals surface area contributed by atoms with Crippen molar-refractivity contribution in [1.82, 2.24) is 9.29 Å². The van der Waals surface area contributed by atoms with Gasteiger partial charge < -0.3 is 15.7 Å². The fourth-order valence-corrected chi connectivity index (χ4v) is 4.99. The third-order valence-corrected chi connectivity index (χ3v) is 6.68.